The van der Waals surface area contributed by atoms with Gasteiger partial charge in [0.1, 0.15) is 61.9 Å². The minimum absolute atomic E-state index is 0.0260. The molecule has 1 saturated carbocycles. The third kappa shape index (κ3) is 12.4. The Morgan fingerprint density at radius 3 is 2.48 bits per heavy atom. The number of unbranched alkanes of at least 4 members (excludes halogenated alkanes) is 2. The van der Waals surface area contributed by atoms with E-state index in [2.05, 4.69) is 20.1 Å². The van der Waals surface area contributed by atoms with Gasteiger partial charge in [-0.1, -0.05) is 45.3 Å². The van der Waals surface area contributed by atoms with Gasteiger partial charge >= 0.3 is 22.5 Å². The van der Waals surface area contributed by atoms with E-state index in [0.717, 1.165) is 30.4 Å². The summed E-state index contributed by atoms with van der Waals surface area (Å²) in [5, 5.41) is 60.4. The fourth-order valence-corrected chi connectivity index (χ4v) is 9.26. The van der Waals surface area contributed by atoms with Crippen molar-refractivity contribution in [3.63, 3.8) is 0 Å². The highest BCUT2D eigenvalue weighted by Gasteiger charge is 2.70. The number of piperidine rings is 1. The first-order chi connectivity index (χ1) is 30.6. The molecule has 25 nitrogen and oxygen atoms in total. The van der Waals surface area contributed by atoms with Crippen LogP contribution in [-0.4, -0.2) is 198 Å². The monoisotopic (exact) mass is 949 g/mol. The van der Waals surface area contributed by atoms with Gasteiger partial charge in [0.15, 0.2) is 24.0 Å². The largest absolute Gasteiger partial charge is 0.463 e. The smallest absolute Gasteiger partial charge is 0.408 e. The molecule has 4 aliphatic heterocycles. The van der Waals surface area contributed by atoms with Crippen LogP contribution in [0.1, 0.15) is 72.1 Å². The molecule has 26 heteroatoms. The molecule has 0 aromatic carbocycles. The summed E-state index contributed by atoms with van der Waals surface area (Å²) in [5.41, 5.74) is 4.52. The van der Waals surface area contributed by atoms with Crippen LogP contribution in [0.3, 0.4) is 0 Å². The highest BCUT2D eigenvalue weighted by atomic mass is 32.3. The van der Waals surface area contributed by atoms with Gasteiger partial charge in [0.25, 0.3) is 5.91 Å². The minimum atomic E-state index is -5.01. The van der Waals surface area contributed by atoms with Gasteiger partial charge in [0.2, 0.25) is 11.8 Å². The minimum Gasteiger partial charge on any atom is -0.463 e. The molecule has 11 N–H and O–H groups in total. The number of aliphatic hydroxyl groups excluding tert-OH is 4. The van der Waals surface area contributed by atoms with E-state index in [1.165, 1.54) is 0 Å². The van der Waals surface area contributed by atoms with Gasteiger partial charge in [0.05, 0.1) is 12.1 Å². The third-order valence-electron chi connectivity index (χ3n) is 12.2. The number of carbonyl (C=O) groups excluding carboxylic acids is 5. The molecule has 3 saturated heterocycles. The highest BCUT2D eigenvalue weighted by Crippen LogP contribution is 2.48. The van der Waals surface area contributed by atoms with E-state index in [4.69, 9.17) is 39.4 Å². The lowest BCUT2D eigenvalue weighted by Gasteiger charge is -2.58. The number of alkyl carbamates (subject to hydrolysis) is 1. The quantitative estimate of drug-likeness (QED) is 0.0136. The molecular weight excluding hydrogens is 887 g/mol. The fraction of sp³-hybridized carbons (Fsp3) is 0.795. The molecule has 65 heavy (non-hydrogen) atoms. The predicted molar refractivity (Wildman–Crippen MR) is 221 cm³/mol. The zero-order valence-electron chi connectivity index (χ0n) is 36.7. The van der Waals surface area contributed by atoms with Crippen LogP contribution in [0.15, 0.2) is 11.6 Å². The lowest BCUT2D eigenvalue weighted by Crippen LogP contribution is -2.80. The first kappa shape index (κ1) is 51.7. The number of aliphatic hydroxyl groups is 4. The second kappa shape index (κ2) is 22.0. The number of guanidine groups is 1. The second-order valence-corrected chi connectivity index (χ2v) is 18.4. The zero-order chi connectivity index (χ0) is 48.0. The van der Waals surface area contributed by atoms with Crippen LogP contribution in [0.2, 0.25) is 0 Å². The summed E-state index contributed by atoms with van der Waals surface area (Å²) in [4.78, 5) is 71.4. The van der Waals surface area contributed by atoms with E-state index < -0.39 is 132 Å². The van der Waals surface area contributed by atoms with E-state index in [0.29, 0.717) is 25.9 Å². The van der Waals surface area contributed by atoms with Gasteiger partial charge in [0, 0.05) is 39.6 Å². The maximum atomic E-state index is 15.1. The van der Waals surface area contributed by atoms with E-state index >= 15 is 4.79 Å². The molecule has 368 valence electrons. The Morgan fingerprint density at radius 2 is 1.85 bits per heavy atom. The van der Waals surface area contributed by atoms with Crippen molar-refractivity contribution in [1.82, 2.24) is 25.8 Å². The Bertz CT molecular complexity index is 1890. The van der Waals surface area contributed by atoms with Crippen molar-refractivity contribution in [3.8, 4) is 0 Å². The number of hydrogen-bond donors (Lipinski definition) is 10. The lowest BCUT2D eigenvalue weighted by molar-refractivity contribution is -0.322. The average Bonchev–Trinajstić information content (AvgIpc) is 3.84. The Balaban J connectivity index is 1.46. The normalized spacial score (nSPS) is 31.8. The van der Waals surface area contributed by atoms with Crippen molar-refractivity contribution in [2.45, 2.75) is 151 Å². The van der Waals surface area contributed by atoms with Crippen LogP contribution in [0.4, 0.5) is 4.79 Å². The third-order valence-corrected chi connectivity index (χ3v) is 12.7. The molecule has 4 amide bonds. The van der Waals surface area contributed by atoms with Gasteiger partial charge in [-0.3, -0.25) is 29.1 Å². The van der Waals surface area contributed by atoms with Crippen molar-refractivity contribution >= 4 is 46.1 Å². The van der Waals surface area contributed by atoms with Crippen LogP contribution < -0.4 is 21.7 Å². The Morgan fingerprint density at radius 1 is 1.12 bits per heavy atom. The number of methoxy groups -OCH3 is 1. The Hall–Kier alpha value is -4.25. The number of nitrogens with two attached hydrogens (primary N) is 1. The number of hydrogen-bond acceptors (Lipinski definition) is 18. The number of fused-ring (bicyclic) bond motifs is 1. The lowest BCUT2D eigenvalue weighted by atomic mass is 9.66. The molecule has 4 heterocycles. The van der Waals surface area contributed by atoms with Crippen LogP contribution in [0.25, 0.3) is 0 Å². The molecule has 5 aliphatic rings. The SMILES string of the molecule is CCCCCC(=O)OC[C@H]1O[C@H](O[C@@H]2C[C@@H]3[C@H](O)[C@@]4(C2)OC(=O)N[C@H]4[C@H](C(=O)NCCC2=CCN(C(=N)N)C2)N3C(=O)[C@@H](CC(C)C)NC(=O)[C@@H](COS(=O)(=O)O)OC)[C@H](O)[C@@H](O)[C@@H]1O. The van der Waals surface area contributed by atoms with Crippen LogP contribution >= 0.6 is 0 Å². The summed E-state index contributed by atoms with van der Waals surface area (Å²) in [6, 6.07) is -5.99. The van der Waals surface area contributed by atoms with E-state index in [9.17, 15) is 48.0 Å². The summed E-state index contributed by atoms with van der Waals surface area (Å²) in [6.07, 6.45) is -10.3. The maximum absolute atomic E-state index is 15.1. The van der Waals surface area contributed by atoms with Crippen molar-refractivity contribution in [2.75, 3.05) is 40.0 Å². The van der Waals surface area contributed by atoms with Gasteiger partial charge in [-0.2, -0.15) is 8.42 Å². The number of nitrogens with zero attached hydrogens (tertiary/aromatic N) is 2. The summed E-state index contributed by atoms with van der Waals surface area (Å²) in [5.74, 6) is -3.77. The highest BCUT2D eigenvalue weighted by molar-refractivity contribution is 7.80. The maximum Gasteiger partial charge on any atom is 0.408 e. The van der Waals surface area contributed by atoms with E-state index in [-0.39, 0.29) is 44.1 Å². The Kier molecular flexibility index (Phi) is 17.5. The number of ether oxygens (including phenoxy) is 5. The topological polar surface area (TPSA) is 368 Å². The molecule has 0 radical (unpaired) electrons. The van der Waals surface area contributed by atoms with Gasteiger partial charge < -0.3 is 75.6 Å². The molecule has 0 aromatic heterocycles. The number of esters is 1. The standard InChI is InChI=1S/C39H63N7O18S/c1-5-6-7-8-26(47)60-17-24-28(48)29(49)30(50)36(63-24)62-21-14-23-32(51)39(15-21)31(44-38(55)64-39)27(34(53)42-11-9-20-10-12-45(16-20)37(40)41)46(23)35(54)22(13-19(2)3)43-33(52)25(59-4)18-61-65(56,57)58/h10,19,21-25,27-32,36,48-51H,5-9,11-18H2,1-4H3,(H3,40,41)(H,42,53)(H,43,52)(H,44,55)(H,56,57,58)/t21-,22-,23-,24-,25-,27-,28-,29+,30-,31+,32+,36+,39+/m1/s1. The molecular formula is C39H63N7O18S. The molecule has 1 aliphatic carbocycles. The predicted octanol–water partition coefficient (Wildman–Crippen LogP) is -3.11. The molecule has 13 atom stereocenters. The van der Waals surface area contributed by atoms with Gasteiger partial charge in [-0.25, -0.2) is 8.98 Å². The first-order valence-corrected chi connectivity index (χ1v) is 23.0. The molecule has 1 spiro atoms. The van der Waals surface area contributed by atoms with Gasteiger partial charge in [-0.15, -0.1) is 0 Å². The molecule has 0 unspecified atom stereocenters. The summed E-state index contributed by atoms with van der Waals surface area (Å²) < 4.78 is 64.2. The van der Waals surface area contributed by atoms with Crippen LogP contribution in [0.5, 0.6) is 0 Å². The van der Waals surface area contributed by atoms with Crippen molar-refractivity contribution in [3.05, 3.63) is 11.6 Å². The van der Waals surface area contributed by atoms with Crippen LogP contribution in [-0.2, 0) is 57.4 Å². The first-order valence-electron chi connectivity index (χ1n) is 21.6. The zero-order valence-corrected chi connectivity index (χ0v) is 37.5. The van der Waals surface area contributed by atoms with Crippen molar-refractivity contribution in [2.24, 2.45) is 11.7 Å². The molecule has 0 aromatic rings. The summed E-state index contributed by atoms with van der Waals surface area (Å²) >= 11 is 0. The number of carbonyl (C=O) groups is 5. The van der Waals surface area contributed by atoms with Crippen LogP contribution in [0, 0.1) is 11.3 Å². The van der Waals surface area contributed by atoms with Gasteiger partial charge in [-0.05, 0) is 31.6 Å². The molecule has 5 rings (SSSR count). The Labute approximate surface area is 376 Å². The molecule has 4 fully saturated rings. The number of likely N-dealkylation sites (tertiary alicyclic amines) is 1. The number of amides is 4. The number of rotatable bonds is 21. The van der Waals surface area contributed by atoms with Crippen molar-refractivity contribution < 1.29 is 85.2 Å². The van der Waals surface area contributed by atoms with E-state index in [1.807, 2.05) is 13.0 Å². The summed E-state index contributed by atoms with van der Waals surface area (Å²) in [7, 11) is -3.95. The van der Waals surface area contributed by atoms with E-state index in [1.54, 1.807) is 18.7 Å². The number of nitrogens with one attached hydrogen (secondary N) is 4. The average molecular weight is 950 g/mol. The molecule has 2 bridgehead atoms. The second-order valence-electron chi connectivity index (χ2n) is 17.3. The van der Waals surface area contributed by atoms with Crippen molar-refractivity contribution in [1.29, 1.82) is 5.41 Å². The summed E-state index contributed by atoms with van der Waals surface area (Å²) in [6.45, 7) is 4.70. The fourth-order valence-electron chi connectivity index (χ4n) is 8.96.